The van der Waals surface area contributed by atoms with Gasteiger partial charge in [-0.05, 0) is 41.1 Å². The van der Waals surface area contributed by atoms with Crippen LogP contribution in [0.2, 0.25) is 0 Å². The first-order chi connectivity index (χ1) is 7.04. The largest absolute Gasteiger partial charge is 0.467 e. The fourth-order valence-corrected chi connectivity index (χ4v) is 1.44. The number of rotatable bonds is 3. The molecule has 0 aromatic heterocycles. The van der Waals surface area contributed by atoms with E-state index in [0.29, 0.717) is 10.2 Å². The Morgan fingerprint density at radius 3 is 2.87 bits per heavy atom. The Morgan fingerprint density at radius 2 is 2.27 bits per heavy atom. The van der Waals surface area contributed by atoms with Gasteiger partial charge in [0.15, 0.2) is 0 Å². The van der Waals surface area contributed by atoms with Crippen LogP contribution >= 0.6 is 15.9 Å². The number of esters is 1. The molecule has 0 spiro atoms. The summed E-state index contributed by atoms with van der Waals surface area (Å²) in [6, 6.07) is 3.69. The van der Waals surface area contributed by atoms with Crippen molar-refractivity contribution in [1.29, 1.82) is 0 Å². The van der Waals surface area contributed by atoms with Gasteiger partial charge in [0.2, 0.25) is 0 Å². The van der Waals surface area contributed by atoms with Crippen LogP contribution in [0.25, 0.3) is 0 Å². The summed E-state index contributed by atoms with van der Waals surface area (Å²) in [7, 11) is 1.31. The van der Waals surface area contributed by atoms with E-state index in [1.807, 2.05) is 0 Å². The zero-order valence-corrected chi connectivity index (χ0v) is 9.97. The molecule has 1 aromatic rings. The molecule has 1 N–H and O–H groups in total. The molecule has 0 saturated heterocycles. The fraction of sp³-hybridized carbons (Fsp3) is 0.300. The number of methoxy groups -OCH3 is 1. The molecule has 1 unspecified atom stereocenters. The van der Waals surface area contributed by atoms with Crippen LogP contribution in [-0.4, -0.2) is 19.1 Å². The van der Waals surface area contributed by atoms with E-state index in [4.69, 9.17) is 0 Å². The van der Waals surface area contributed by atoms with Gasteiger partial charge in [-0.15, -0.1) is 0 Å². The van der Waals surface area contributed by atoms with E-state index >= 15 is 0 Å². The van der Waals surface area contributed by atoms with Crippen molar-refractivity contribution < 1.29 is 13.9 Å². The van der Waals surface area contributed by atoms with E-state index in [9.17, 15) is 9.18 Å². The predicted octanol–water partition coefficient (Wildman–Crippen LogP) is 2.56. The highest BCUT2D eigenvalue weighted by Crippen LogP contribution is 2.23. The van der Waals surface area contributed by atoms with Crippen LogP contribution in [0, 0.1) is 5.82 Å². The third-order valence-electron chi connectivity index (χ3n) is 1.86. The van der Waals surface area contributed by atoms with Gasteiger partial charge in [0.05, 0.1) is 12.8 Å². The second-order valence-corrected chi connectivity index (χ2v) is 3.87. The monoisotopic (exact) mass is 275 g/mol. The molecule has 0 aliphatic rings. The van der Waals surface area contributed by atoms with Gasteiger partial charge < -0.3 is 10.1 Å². The van der Waals surface area contributed by atoms with Gasteiger partial charge in [0.25, 0.3) is 0 Å². The molecule has 0 aliphatic heterocycles. The van der Waals surface area contributed by atoms with E-state index in [0.717, 1.165) is 0 Å². The number of hydrogen-bond acceptors (Lipinski definition) is 3. The molecule has 0 radical (unpaired) electrons. The van der Waals surface area contributed by atoms with Crippen LogP contribution in [0.15, 0.2) is 22.7 Å². The molecule has 0 aliphatic carbocycles. The van der Waals surface area contributed by atoms with Crippen molar-refractivity contribution in [3.8, 4) is 0 Å². The molecule has 5 heteroatoms. The van der Waals surface area contributed by atoms with Crippen molar-refractivity contribution in [2.45, 2.75) is 13.0 Å². The van der Waals surface area contributed by atoms with Crippen molar-refractivity contribution in [3.63, 3.8) is 0 Å². The van der Waals surface area contributed by atoms with Crippen LogP contribution in [0.1, 0.15) is 6.92 Å². The maximum atomic E-state index is 12.9. The highest BCUT2D eigenvalue weighted by molar-refractivity contribution is 9.10. The molecule has 15 heavy (non-hydrogen) atoms. The van der Waals surface area contributed by atoms with E-state index in [2.05, 4.69) is 26.0 Å². The lowest BCUT2D eigenvalue weighted by Gasteiger charge is -2.14. The summed E-state index contributed by atoms with van der Waals surface area (Å²) in [5, 5.41) is 2.84. The Kier molecular flexibility index (Phi) is 4.08. The highest BCUT2D eigenvalue weighted by Gasteiger charge is 2.13. The van der Waals surface area contributed by atoms with E-state index in [1.54, 1.807) is 13.0 Å². The molecule has 0 fully saturated rings. The quantitative estimate of drug-likeness (QED) is 0.862. The van der Waals surface area contributed by atoms with Crippen molar-refractivity contribution in [1.82, 2.24) is 0 Å². The normalized spacial score (nSPS) is 12.0. The van der Waals surface area contributed by atoms with Crippen LogP contribution in [-0.2, 0) is 9.53 Å². The number of ether oxygens (including phenoxy) is 1. The highest BCUT2D eigenvalue weighted by atomic mass is 79.9. The molecule has 0 bridgehead atoms. The first-order valence-electron chi connectivity index (χ1n) is 4.34. The Morgan fingerprint density at radius 1 is 1.60 bits per heavy atom. The SMILES string of the molecule is COC(=O)C(C)Nc1cc(F)ccc1Br. The van der Waals surface area contributed by atoms with Gasteiger partial charge in [0.1, 0.15) is 11.9 Å². The molecular formula is C10H11BrFNO2. The van der Waals surface area contributed by atoms with Crippen LogP contribution < -0.4 is 5.32 Å². The van der Waals surface area contributed by atoms with Gasteiger partial charge in [-0.3, -0.25) is 0 Å². The lowest BCUT2D eigenvalue weighted by atomic mass is 10.2. The number of carbonyl (C=O) groups is 1. The zero-order chi connectivity index (χ0) is 11.4. The summed E-state index contributed by atoms with van der Waals surface area (Å²) in [5.41, 5.74) is 0.521. The Bertz CT molecular complexity index is 370. The third-order valence-corrected chi connectivity index (χ3v) is 2.55. The number of anilines is 1. The topological polar surface area (TPSA) is 38.3 Å². The Labute approximate surface area is 95.7 Å². The zero-order valence-electron chi connectivity index (χ0n) is 8.38. The van der Waals surface area contributed by atoms with Crippen LogP contribution in [0.5, 0.6) is 0 Å². The van der Waals surface area contributed by atoms with E-state index in [1.165, 1.54) is 19.2 Å². The summed E-state index contributed by atoms with van der Waals surface area (Å²) in [5.74, 6) is -0.760. The van der Waals surface area contributed by atoms with Gasteiger partial charge in [-0.25, -0.2) is 9.18 Å². The third kappa shape index (κ3) is 3.20. The van der Waals surface area contributed by atoms with Gasteiger partial charge in [-0.2, -0.15) is 0 Å². The average Bonchev–Trinajstić information content (AvgIpc) is 2.22. The second kappa shape index (κ2) is 5.11. The number of halogens is 2. The minimum Gasteiger partial charge on any atom is -0.467 e. The summed E-state index contributed by atoms with van der Waals surface area (Å²) < 4.78 is 18.1. The first kappa shape index (κ1) is 12.0. The molecule has 1 rings (SSSR count). The maximum absolute atomic E-state index is 12.9. The lowest BCUT2D eigenvalue weighted by Crippen LogP contribution is -2.27. The van der Waals surface area contributed by atoms with Crippen molar-refractivity contribution in [2.75, 3.05) is 12.4 Å². The second-order valence-electron chi connectivity index (χ2n) is 3.01. The predicted molar refractivity (Wildman–Crippen MR) is 59.2 cm³/mol. The molecule has 3 nitrogen and oxygen atoms in total. The molecule has 0 amide bonds. The molecule has 1 atom stereocenters. The number of hydrogen-bond donors (Lipinski definition) is 1. The van der Waals surface area contributed by atoms with E-state index < -0.39 is 12.0 Å². The first-order valence-corrected chi connectivity index (χ1v) is 5.13. The summed E-state index contributed by atoms with van der Waals surface area (Å²) in [4.78, 5) is 11.1. The van der Waals surface area contributed by atoms with Gasteiger partial charge >= 0.3 is 5.97 Å². The summed E-state index contributed by atoms with van der Waals surface area (Å²) in [6.07, 6.45) is 0. The fourth-order valence-electron chi connectivity index (χ4n) is 1.08. The Balaban J connectivity index is 2.80. The molecule has 82 valence electrons. The smallest absolute Gasteiger partial charge is 0.327 e. The number of nitrogens with one attached hydrogen (secondary N) is 1. The molecular weight excluding hydrogens is 265 g/mol. The maximum Gasteiger partial charge on any atom is 0.327 e. The molecule has 0 saturated carbocycles. The van der Waals surface area contributed by atoms with Crippen molar-refractivity contribution >= 4 is 27.6 Å². The number of carbonyl (C=O) groups excluding carboxylic acids is 1. The van der Waals surface area contributed by atoms with E-state index in [-0.39, 0.29) is 5.82 Å². The summed E-state index contributed by atoms with van der Waals surface area (Å²) >= 11 is 3.25. The van der Waals surface area contributed by atoms with Crippen molar-refractivity contribution in [3.05, 3.63) is 28.5 Å². The Hall–Kier alpha value is -1.10. The molecule has 0 heterocycles. The lowest BCUT2D eigenvalue weighted by molar-refractivity contribution is -0.141. The van der Waals surface area contributed by atoms with Gasteiger partial charge in [0, 0.05) is 4.47 Å². The van der Waals surface area contributed by atoms with Crippen LogP contribution in [0.4, 0.5) is 10.1 Å². The minimum absolute atomic E-state index is 0.363. The molecule has 1 aromatic carbocycles. The standard InChI is InChI=1S/C10H11BrFNO2/c1-6(10(14)15-2)13-9-5-7(12)3-4-8(9)11/h3-6,13H,1-2H3. The minimum atomic E-state index is -0.520. The average molecular weight is 276 g/mol. The van der Waals surface area contributed by atoms with Crippen molar-refractivity contribution in [2.24, 2.45) is 0 Å². The van der Waals surface area contributed by atoms with Crippen LogP contribution in [0.3, 0.4) is 0 Å². The number of benzene rings is 1. The van der Waals surface area contributed by atoms with Gasteiger partial charge in [-0.1, -0.05) is 0 Å². The summed E-state index contributed by atoms with van der Waals surface area (Å²) in [6.45, 7) is 1.64.